The van der Waals surface area contributed by atoms with Crippen LogP contribution in [-0.2, 0) is 13.6 Å². The Kier molecular flexibility index (Phi) is 1.82. The molecule has 68 valence electrons. The molecule has 2 N–H and O–H groups in total. The number of hydrogen-bond acceptors (Lipinski definition) is 5. The summed E-state index contributed by atoms with van der Waals surface area (Å²) in [6.07, 6.45) is 3.33. The van der Waals surface area contributed by atoms with Gasteiger partial charge in [0.05, 0.1) is 19.1 Å². The Morgan fingerprint density at radius 1 is 1.62 bits per heavy atom. The highest BCUT2D eigenvalue weighted by atomic mass is 16.5. The molecule has 0 bridgehead atoms. The summed E-state index contributed by atoms with van der Waals surface area (Å²) in [5.74, 6) is 0.941. The maximum absolute atomic E-state index is 5.35. The monoisotopic (exact) mass is 179 g/mol. The summed E-state index contributed by atoms with van der Waals surface area (Å²) in [6.45, 7) is 0.279. The van der Waals surface area contributed by atoms with Gasteiger partial charge in [0.15, 0.2) is 5.82 Å². The summed E-state index contributed by atoms with van der Waals surface area (Å²) in [4.78, 5) is 8.01. The molecule has 0 saturated carbocycles. The van der Waals surface area contributed by atoms with Gasteiger partial charge in [-0.1, -0.05) is 5.16 Å². The lowest BCUT2D eigenvalue weighted by Crippen LogP contribution is -1.98. The summed E-state index contributed by atoms with van der Waals surface area (Å²) in [5, 5.41) is 3.68. The fourth-order valence-corrected chi connectivity index (χ4v) is 1.00. The van der Waals surface area contributed by atoms with E-state index >= 15 is 0 Å². The van der Waals surface area contributed by atoms with Crippen molar-refractivity contribution in [2.75, 3.05) is 0 Å². The van der Waals surface area contributed by atoms with Crippen LogP contribution in [-0.4, -0.2) is 19.7 Å². The van der Waals surface area contributed by atoms with Crippen LogP contribution in [0, 0.1) is 0 Å². The minimum Gasteiger partial charge on any atom is -0.332 e. The Bertz CT molecular complexity index is 404. The molecule has 0 amide bonds. The van der Waals surface area contributed by atoms with Crippen LogP contribution in [0.3, 0.4) is 0 Å². The van der Waals surface area contributed by atoms with Crippen LogP contribution < -0.4 is 5.73 Å². The van der Waals surface area contributed by atoms with Gasteiger partial charge in [-0.05, 0) is 0 Å². The molecular weight excluding hydrogens is 170 g/mol. The second-order valence-corrected chi connectivity index (χ2v) is 2.61. The topological polar surface area (TPSA) is 82.8 Å². The van der Waals surface area contributed by atoms with Crippen LogP contribution in [0.25, 0.3) is 11.6 Å². The zero-order valence-electron chi connectivity index (χ0n) is 7.14. The van der Waals surface area contributed by atoms with Gasteiger partial charge < -0.3 is 14.8 Å². The molecule has 0 aromatic carbocycles. The van der Waals surface area contributed by atoms with E-state index in [1.165, 1.54) is 0 Å². The van der Waals surface area contributed by atoms with Gasteiger partial charge in [-0.25, -0.2) is 4.98 Å². The van der Waals surface area contributed by atoms with Crippen molar-refractivity contribution in [3.05, 3.63) is 18.3 Å². The van der Waals surface area contributed by atoms with Crippen molar-refractivity contribution >= 4 is 0 Å². The molecule has 0 fully saturated rings. The minimum atomic E-state index is 0.279. The highest BCUT2D eigenvalue weighted by Crippen LogP contribution is 2.14. The Morgan fingerprint density at radius 2 is 2.46 bits per heavy atom. The van der Waals surface area contributed by atoms with Crippen LogP contribution >= 0.6 is 0 Å². The lowest BCUT2D eigenvalue weighted by molar-refractivity contribution is 0.420. The van der Waals surface area contributed by atoms with E-state index in [2.05, 4.69) is 15.1 Å². The van der Waals surface area contributed by atoms with Gasteiger partial charge in [-0.15, -0.1) is 0 Å². The average molecular weight is 179 g/mol. The third-order valence-corrected chi connectivity index (χ3v) is 1.69. The molecule has 13 heavy (non-hydrogen) atoms. The third kappa shape index (κ3) is 1.31. The van der Waals surface area contributed by atoms with Crippen molar-refractivity contribution in [3.63, 3.8) is 0 Å². The molecule has 0 radical (unpaired) electrons. The molecule has 2 rings (SSSR count). The largest absolute Gasteiger partial charge is 0.332 e. The molecule has 0 atom stereocenters. The zero-order chi connectivity index (χ0) is 9.26. The molecule has 0 aliphatic carbocycles. The molecule has 2 aromatic rings. The molecule has 2 aromatic heterocycles. The Hall–Kier alpha value is -1.69. The van der Waals surface area contributed by atoms with Crippen LogP contribution in [0.2, 0.25) is 0 Å². The smallest absolute Gasteiger partial charge is 0.276 e. The van der Waals surface area contributed by atoms with Crippen molar-refractivity contribution in [1.29, 1.82) is 0 Å². The van der Waals surface area contributed by atoms with E-state index < -0.39 is 0 Å². The maximum Gasteiger partial charge on any atom is 0.276 e. The van der Waals surface area contributed by atoms with Crippen molar-refractivity contribution in [2.45, 2.75) is 6.54 Å². The maximum atomic E-state index is 5.35. The Labute approximate surface area is 74.4 Å². The van der Waals surface area contributed by atoms with E-state index in [9.17, 15) is 0 Å². The van der Waals surface area contributed by atoms with Crippen LogP contribution in [0.1, 0.15) is 5.82 Å². The fraction of sp³-hybridized carbons (Fsp3) is 0.286. The molecule has 0 aliphatic heterocycles. The van der Waals surface area contributed by atoms with Crippen molar-refractivity contribution < 1.29 is 4.52 Å². The molecular formula is C7H9N5O. The highest BCUT2D eigenvalue weighted by Gasteiger charge is 2.10. The second kappa shape index (κ2) is 2.98. The first-order valence-corrected chi connectivity index (χ1v) is 3.80. The average Bonchev–Trinajstić information content (AvgIpc) is 2.71. The number of rotatable bonds is 2. The normalized spacial score (nSPS) is 10.6. The molecule has 0 saturated heterocycles. The van der Waals surface area contributed by atoms with Crippen LogP contribution in [0.5, 0.6) is 0 Å². The molecule has 6 heteroatoms. The standard InChI is InChI=1S/C7H9N5O/c1-12-4-9-3-5(12)7-10-6(2-8)11-13-7/h3-4H,2,8H2,1H3. The molecule has 0 unspecified atom stereocenters. The molecule has 0 aliphatic rings. The number of nitrogens with two attached hydrogens (primary N) is 1. The van der Waals surface area contributed by atoms with Gasteiger partial charge in [0.2, 0.25) is 0 Å². The fourth-order valence-electron chi connectivity index (χ4n) is 1.00. The Morgan fingerprint density at radius 3 is 3.00 bits per heavy atom. The quantitative estimate of drug-likeness (QED) is 0.697. The van der Waals surface area contributed by atoms with Crippen molar-refractivity contribution in [3.8, 4) is 11.6 Å². The van der Waals surface area contributed by atoms with Gasteiger partial charge in [0.25, 0.3) is 5.89 Å². The number of nitrogens with zero attached hydrogens (tertiary/aromatic N) is 4. The summed E-state index contributed by atoms with van der Waals surface area (Å²) >= 11 is 0. The Balaban J connectivity index is 2.41. The third-order valence-electron chi connectivity index (χ3n) is 1.69. The summed E-state index contributed by atoms with van der Waals surface area (Å²) in [6, 6.07) is 0. The van der Waals surface area contributed by atoms with E-state index in [0.717, 1.165) is 5.69 Å². The number of aryl methyl sites for hydroxylation is 1. The summed E-state index contributed by atoms with van der Waals surface area (Å²) < 4.78 is 6.78. The summed E-state index contributed by atoms with van der Waals surface area (Å²) in [7, 11) is 1.86. The number of hydrogen-bond donors (Lipinski definition) is 1. The van der Waals surface area contributed by atoms with E-state index in [0.29, 0.717) is 11.7 Å². The lowest BCUT2D eigenvalue weighted by atomic mass is 10.4. The summed E-state index contributed by atoms with van der Waals surface area (Å²) in [5.41, 5.74) is 6.13. The first-order chi connectivity index (χ1) is 6.31. The zero-order valence-corrected chi connectivity index (χ0v) is 7.14. The van der Waals surface area contributed by atoms with E-state index in [1.54, 1.807) is 17.1 Å². The van der Waals surface area contributed by atoms with Crippen LogP contribution in [0.4, 0.5) is 0 Å². The molecule has 6 nitrogen and oxygen atoms in total. The van der Waals surface area contributed by atoms with Gasteiger partial charge >= 0.3 is 0 Å². The SMILES string of the molecule is Cn1cncc1-c1nc(CN)no1. The predicted octanol–water partition coefficient (Wildman–Crippen LogP) is -0.0712. The van der Waals surface area contributed by atoms with E-state index in [-0.39, 0.29) is 6.54 Å². The van der Waals surface area contributed by atoms with Crippen molar-refractivity contribution in [2.24, 2.45) is 12.8 Å². The predicted molar refractivity (Wildman–Crippen MR) is 44.4 cm³/mol. The van der Waals surface area contributed by atoms with Crippen molar-refractivity contribution in [1.82, 2.24) is 19.7 Å². The van der Waals surface area contributed by atoms with Crippen LogP contribution in [0.15, 0.2) is 17.0 Å². The van der Waals surface area contributed by atoms with E-state index in [4.69, 9.17) is 10.3 Å². The first kappa shape index (κ1) is 7.93. The van der Waals surface area contributed by atoms with Gasteiger partial charge in [-0.3, -0.25) is 0 Å². The lowest BCUT2D eigenvalue weighted by Gasteiger charge is -1.92. The van der Waals surface area contributed by atoms with Gasteiger partial charge in [0, 0.05) is 7.05 Å². The van der Waals surface area contributed by atoms with E-state index in [1.807, 2.05) is 7.05 Å². The minimum absolute atomic E-state index is 0.279. The first-order valence-electron chi connectivity index (χ1n) is 3.80. The number of aromatic nitrogens is 4. The second-order valence-electron chi connectivity index (χ2n) is 2.61. The van der Waals surface area contributed by atoms with Gasteiger partial charge in [-0.2, -0.15) is 4.98 Å². The number of imidazole rings is 1. The molecule has 0 spiro atoms. The van der Waals surface area contributed by atoms with Gasteiger partial charge in [0.1, 0.15) is 5.69 Å². The molecule has 2 heterocycles. The highest BCUT2D eigenvalue weighted by molar-refractivity contribution is 5.45.